The van der Waals surface area contributed by atoms with E-state index in [-0.39, 0.29) is 0 Å². The molecule has 0 unspecified atom stereocenters. The molecule has 2 aromatic rings. The smallest absolute Gasteiger partial charge is 0.223 e. The Labute approximate surface area is 133 Å². The van der Waals surface area contributed by atoms with Gasteiger partial charge in [-0.2, -0.15) is 5.26 Å². The highest BCUT2D eigenvalue weighted by Crippen LogP contribution is 2.22. The third-order valence-electron chi connectivity index (χ3n) is 3.70. The Kier molecular flexibility index (Phi) is 4.56. The molecule has 2 aromatic heterocycles. The largest absolute Gasteiger partial charge is 0.351 e. The first-order valence-corrected chi connectivity index (χ1v) is 8.30. The van der Waals surface area contributed by atoms with Crippen molar-refractivity contribution in [3.8, 4) is 17.5 Å². The molecule has 1 saturated heterocycles. The summed E-state index contributed by atoms with van der Waals surface area (Å²) < 4.78 is 2.35. The van der Waals surface area contributed by atoms with E-state index in [1.165, 1.54) is 0 Å². The van der Waals surface area contributed by atoms with Crippen molar-refractivity contribution in [3.05, 3.63) is 24.3 Å². The zero-order valence-corrected chi connectivity index (χ0v) is 13.1. The van der Waals surface area contributed by atoms with Gasteiger partial charge in [0.2, 0.25) is 5.95 Å². The van der Waals surface area contributed by atoms with Crippen LogP contribution in [-0.2, 0) is 0 Å². The van der Waals surface area contributed by atoms with Crippen molar-refractivity contribution >= 4 is 17.9 Å². The number of hydrogen-bond donors (Lipinski definition) is 2. The van der Waals surface area contributed by atoms with E-state index in [1.54, 1.807) is 30.7 Å². The number of piperidine rings is 1. The van der Waals surface area contributed by atoms with E-state index in [0.29, 0.717) is 28.9 Å². The number of nitriles is 1. The quantitative estimate of drug-likeness (QED) is 0.832. The van der Waals surface area contributed by atoms with Crippen LogP contribution in [0.3, 0.4) is 0 Å². The van der Waals surface area contributed by atoms with Crippen LogP contribution in [0.1, 0.15) is 18.4 Å². The Bertz CT molecular complexity index is 656. The molecule has 3 rings (SSSR count). The SMILES string of the molecule is CSN1CCC(Nc2ncc(C#N)c(-c3c[nH]cn3)n2)CC1. The summed E-state index contributed by atoms with van der Waals surface area (Å²) in [5, 5.41) is 12.6. The summed E-state index contributed by atoms with van der Waals surface area (Å²) in [5.41, 5.74) is 1.64. The molecule has 0 radical (unpaired) electrons. The number of nitrogens with zero attached hydrogens (tertiary/aromatic N) is 5. The Balaban J connectivity index is 1.75. The van der Waals surface area contributed by atoms with E-state index < -0.39 is 0 Å². The molecule has 0 amide bonds. The second kappa shape index (κ2) is 6.77. The molecule has 0 saturated carbocycles. The Morgan fingerprint density at radius 2 is 2.23 bits per heavy atom. The van der Waals surface area contributed by atoms with Gasteiger partial charge in [0.1, 0.15) is 17.5 Å². The number of H-pyrrole nitrogens is 1. The van der Waals surface area contributed by atoms with Crippen molar-refractivity contribution in [1.82, 2.24) is 24.2 Å². The first-order chi connectivity index (χ1) is 10.8. The summed E-state index contributed by atoms with van der Waals surface area (Å²) in [6.45, 7) is 2.11. The van der Waals surface area contributed by atoms with E-state index in [4.69, 9.17) is 0 Å². The zero-order chi connectivity index (χ0) is 15.4. The molecule has 114 valence electrons. The highest BCUT2D eigenvalue weighted by atomic mass is 32.2. The van der Waals surface area contributed by atoms with Crippen LogP contribution in [0, 0.1) is 11.3 Å². The van der Waals surface area contributed by atoms with Gasteiger partial charge in [0.25, 0.3) is 0 Å². The molecule has 7 nitrogen and oxygen atoms in total. The van der Waals surface area contributed by atoms with E-state index in [2.05, 4.69) is 41.9 Å². The van der Waals surface area contributed by atoms with E-state index in [0.717, 1.165) is 25.9 Å². The van der Waals surface area contributed by atoms with Crippen molar-refractivity contribution in [3.63, 3.8) is 0 Å². The van der Waals surface area contributed by atoms with E-state index in [1.807, 2.05) is 0 Å². The van der Waals surface area contributed by atoms with Crippen LogP contribution >= 0.6 is 11.9 Å². The molecule has 0 atom stereocenters. The van der Waals surface area contributed by atoms with Gasteiger partial charge in [0, 0.05) is 25.3 Å². The molecule has 2 N–H and O–H groups in total. The number of rotatable bonds is 4. The second-order valence-corrected chi connectivity index (χ2v) is 5.93. The molecule has 0 spiro atoms. The highest BCUT2D eigenvalue weighted by molar-refractivity contribution is 7.96. The number of hydrogen-bond acceptors (Lipinski definition) is 7. The van der Waals surface area contributed by atoms with E-state index in [9.17, 15) is 5.26 Å². The van der Waals surface area contributed by atoms with Gasteiger partial charge in [-0.3, -0.25) is 4.31 Å². The maximum absolute atomic E-state index is 9.19. The molecule has 8 heteroatoms. The maximum atomic E-state index is 9.19. The van der Waals surface area contributed by atoms with Crippen molar-refractivity contribution in [2.45, 2.75) is 18.9 Å². The Morgan fingerprint density at radius 1 is 1.41 bits per heavy atom. The maximum Gasteiger partial charge on any atom is 0.223 e. The van der Waals surface area contributed by atoms with Gasteiger partial charge in [-0.25, -0.2) is 15.0 Å². The van der Waals surface area contributed by atoms with Crippen LogP contribution in [0.5, 0.6) is 0 Å². The zero-order valence-electron chi connectivity index (χ0n) is 12.3. The molecule has 0 aliphatic carbocycles. The summed E-state index contributed by atoms with van der Waals surface area (Å²) in [7, 11) is 0. The van der Waals surface area contributed by atoms with Gasteiger partial charge in [0.15, 0.2) is 0 Å². The average Bonchev–Trinajstić information content (AvgIpc) is 3.10. The molecule has 0 bridgehead atoms. The normalized spacial score (nSPS) is 16.4. The van der Waals surface area contributed by atoms with Crippen LogP contribution in [-0.4, -0.2) is 49.6 Å². The fourth-order valence-electron chi connectivity index (χ4n) is 2.48. The van der Waals surface area contributed by atoms with Gasteiger partial charge in [-0.05, 0) is 19.1 Å². The van der Waals surface area contributed by atoms with Crippen molar-refractivity contribution in [2.24, 2.45) is 0 Å². The van der Waals surface area contributed by atoms with Crippen molar-refractivity contribution < 1.29 is 0 Å². The predicted octanol–water partition coefficient (Wildman–Crippen LogP) is 1.89. The average molecular weight is 315 g/mol. The molecule has 22 heavy (non-hydrogen) atoms. The lowest BCUT2D eigenvalue weighted by Gasteiger charge is -2.30. The van der Waals surface area contributed by atoms with Crippen LogP contribution in [0.4, 0.5) is 5.95 Å². The lowest BCUT2D eigenvalue weighted by atomic mass is 10.1. The van der Waals surface area contributed by atoms with Crippen LogP contribution < -0.4 is 5.32 Å². The lowest BCUT2D eigenvalue weighted by Crippen LogP contribution is -2.35. The van der Waals surface area contributed by atoms with Crippen molar-refractivity contribution in [1.29, 1.82) is 5.26 Å². The number of aromatic amines is 1. The van der Waals surface area contributed by atoms with Gasteiger partial charge in [-0.15, -0.1) is 0 Å². The van der Waals surface area contributed by atoms with Gasteiger partial charge < -0.3 is 10.3 Å². The summed E-state index contributed by atoms with van der Waals surface area (Å²) in [5.74, 6) is 0.555. The van der Waals surface area contributed by atoms with Gasteiger partial charge in [0.05, 0.1) is 18.1 Å². The molecule has 0 aromatic carbocycles. The number of aromatic nitrogens is 4. The van der Waals surface area contributed by atoms with Crippen LogP contribution in [0.15, 0.2) is 18.7 Å². The fourth-order valence-corrected chi connectivity index (χ4v) is 3.06. The molecular formula is C14H17N7S. The topological polar surface area (TPSA) is 93.5 Å². The summed E-state index contributed by atoms with van der Waals surface area (Å²) in [6.07, 6.45) is 9.07. The summed E-state index contributed by atoms with van der Waals surface area (Å²) in [4.78, 5) is 15.8. The summed E-state index contributed by atoms with van der Waals surface area (Å²) >= 11 is 1.79. The number of anilines is 1. The molecule has 1 aliphatic heterocycles. The Morgan fingerprint density at radius 3 is 2.86 bits per heavy atom. The fraction of sp³-hybridized carbons (Fsp3) is 0.429. The Hall–Kier alpha value is -2.11. The number of imidazole rings is 1. The monoisotopic (exact) mass is 315 g/mol. The highest BCUT2D eigenvalue weighted by Gasteiger charge is 2.20. The molecule has 1 aliphatic rings. The molecular weight excluding hydrogens is 298 g/mol. The molecule has 1 fully saturated rings. The standard InChI is InChI=1S/C14H17N7S/c1-22-21-4-2-11(3-5-21)19-14-17-7-10(6-15)13(20-14)12-8-16-9-18-12/h7-9,11H,2-5H2,1H3,(H,16,18)(H,17,19,20). The third-order valence-corrected chi connectivity index (χ3v) is 4.58. The predicted molar refractivity (Wildman–Crippen MR) is 86.1 cm³/mol. The van der Waals surface area contributed by atoms with Gasteiger partial charge >= 0.3 is 0 Å². The van der Waals surface area contributed by atoms with Crippen molar-refractivity contribution in [2.75, 3.05) is 24.7 Å². The van der Waals surface area contributed by atoms with Crippen LogP contribution in [0.25, 0.3) is 11.4 Å². The number of nitrogens with one attached hydrogen (secondary N) is 2. The first-order valence-electron chi connectivity index (χ1n) is 7.12. The summed E-state index contributed by atoms with van der Waals surface area (Å²) in [6, 6.07) is 2.48. The minimum atomic E-state index is 0.364. The minimum Gasteiger partial charge on any atom is -0.351 e. The lowest BCUT2D eigenvalue weighted by molar-refractivity contribution is 0.358. The first kappa shape index (κ1) is 14.8. The molecule has 3 heterocycles. The second-order valence-electron chi connectivity index (χ2n) is 5.05. The minimum absolute atomic E-state index is 0.364. The van der Waals surface area contributed by atoms with E-state index >= 15 is 0 Å². The van der Waals surface area contributed by atoms with Gasteiger partial charge in [-0.1, -0.05) is 11.9 Å². The third kappa shape index (κ3) is 3.21. The van der Waals surface area contributed by atoms with Crippen LogP contribution in [0.2, 0.25) is 0 Å².